The van der Waals surface area contributed by atoms with Crippen LogP contribution in [0.1, 0.15) is 5.56 Å². The standard InChI is InChI=1S/C21H15ClN6O6S2/c22-15-4-6-17(35-15)36(32,33)27-20(30)25-12-2-5-16(24-10-12)28-19(29)13-3-1-11(18-23-7-8-34-18)9-14(13)26-21(28)31/h1-6,9-10H,7-8H2,(H,26,31)(H2,25,27,30). The first-order chi connectivity index (χ1) is 17.2. The Morgan fingerprint density at radius 3 is 2.67 bits per heavy atom. The molecule has 3 N–H and O–H groups in total. The Morgan fingerprint density at radius 1 is 1.17 bits per heavy atom. The second-order valence-electron chi connectivity index (χ2n) is 7.39. The van der Waals surface area contributed by atoms with Gasteiger partial charge >= 0.3 is 11.7 Å². The Morgan fingerprint density at radius 2 is 2.00 bits per heavy atom. The van der Waals surface area contributed by atoms with Crippen LogP contribution in [-0.4, -0.2) is 48.0 Å². The number of nitrogens with one attached hydrogen (secondary N) is 3. The number of aromatic amines is 1. The molecule has 0 saturated carbocycles. The van der Waals surface area contributed by atoms with E-state index in [0.717, 1.165) is 15.9 Å². The van der Waals surface area contributed by atoms with Crippen molar-refractivity contribution in [1.29, 1.82) is 0 Å². The Bertz CT molecular complexity index is 1760. The van der Waals surface area contributed by atoms with Crippen LogP contribution in [0.5, 0.6) is 0 Å². The van der Waals surface area contributed by atoms with E-state index in [1.54, 1.807) is 18.2 Å². The number of nitrogens with zero attached hydrogens (tertiary/aromatic N) is 3. The van der Waals surface area contributed by atoms with Gasteiger partial charge < -0.3 is 15.0 Å². The molecule has 0 radical (unpaired) electrons. The van der Waals surface area contributed by atoms with Crippen molar-refractivity contribution in [2.24, 2.45) is 4.99 Å². The van der Waals surface area contributed by atoms with Gasteiger partial charge in [0.05, 0.1) is 33.7 Å². The number of thiophene rings is 1. The molecule has 0 unspecified atom stereocenters. The van der Waals surface area contributed by atoms with Crippen molar-refractivity contribution >= 4 is 61.5 Å². The van der Waals surface area contributed by atoms with Gasteiger partial charge in [-0.3, -0.25) is 4.79 Å². The van der Waals surface area contributed by atoms with E-state index in [-0.39, 0.29) is 25.4 Å². The lowest BCUT2D eigenvalue weighted by Crippen LogP contribution is -2.35. The molecule has 36 heavy (non-hydrogen) atoms. The van der Waals surface area contributed by atoms with Crippen molar-refractivity contribution in [3.05, 3.63) is 79.4 Å². The molecule has 2 amide bonds. The SMILES string of the molecule is O=C(Nc1ccc(-n2c(=O)[nH]c3cc(C4=NCCO4)ccc3c2=O)nc1)NS(=O)(=O)c1ccc(Cl)s1. The summed E-state index contributed by atoms with van der Waals surface area (Å²) in [5, 5.41) is 2.58. The Balaban J connectivity index is 1.37. The largest absolute Gasteiger partial charge is 0.476 e. The van der Waals surface area contributed by atoms with Crippen molar-refractivity contribution in [3.63, 3.8) is 0 Å². The Hall–Kier alpha value is -4.01. The van der Waals surface area contributed by atoms with Gasteiger partial charge in [-0.05, 0) is 42.5 Å². The summed E-state index contributed by atoms with van der Waals surface area (Å²) in [4.78, 5) is 48.8. The van der Waals surface area contributed by atoms with Crippen LogP contribution in [0.15, 0.2) is 67.5 Å². The molecule has 5 rings (SSSR count). The highest BCUT2D eigenvalue weighted by Gasteiger charge is 2.20. The first-order valence-corrected chi connectivity index (χ1v) is 12.9. The average molecular weight is 547 g/mol. The molecule has 0 saturated heterocycles. The number of fused-ring (bicyclic) bond motifs is 1. The van der Waals surface area contributed by atoms with Crippen LogP contribution in [0, 0.1) is 0 Å². The predicted octanol–water partition coefficient (Wildman–Crippen LogP) is 2.08. The van der Waals surface area contributed by atoms with E-state index in [0.29, 0.717) is 30.1 Å². The van der Waals surface area contributed by atoms with E-state index >= 15 is 0 Å². The molecule has 1 aromatic carbocycles. The van der Waals surface area contributed by atoms with Crippen molar-refractivity contribution in [2.75, 3.05) is 18.5 Å². The van der Waals surface area contributed by atoms with E-state index < -0.39 is 27.3 Å². The summed E-state index contributed by atoms with van der Waals surface area (Å²) in [6, 6.07) is 9.20. The fourth-order valence-corrected chi connectivity index (χ4v) is 5.82. The normalized spacial score (nSPS) is 13.3. The summed E-state index contributed by atoms with van der Waals surface area (Å²) < 4.78 is 32.7. The molecule has 184 valence electrons. The average Bonchev–Trinajstić information content (AvgIpc) is 3.52. The molecule has 3 aromatic heterocycles. The third kappa shape index (κ3) is 4.60. The quantitative estimate of drug-likeness (QED) is 0.344. The summed E-state index contributed by atoms with van der Waals surface area (Å²) in [6.45, 7) is 1.02. The summed E-state index contributed by atoms with van der Waals surface area (Å²) in [7, 11) is -4.11. The lowest BCUT2D eigenvalue weighted by Gasteiger charge is -2.09. The molecule has 0 spiro atoms. The van der Waals surface area contributed by atoms with E-state index in [1.807, 2.05) is 4.72 Å². The summed E-state index contributed by atoms with van der Waals surface area (Å²) in [5.74, 6) is 0.449. The number of sulfonamides is 1. The minimum Gasteiger partial charge on any atom is -0.476 e. The number of benzene rings is 1. The number of urea groups is 1. The number of aliphatic imine (C=N–C) groups is 1. The number of H-pyrrole nitrogens is 1. The van der Waals surface area contributed by atoms with Crippen molar-refractivity contribution in [1.82, 2.24) is 19.3 Å². The smallest absolute Gasteiger partial charge is 0.334 e. The van der Waals surface area contributed by atoms with Gasteiger partial charge in [0, 0.05) is 5.56 Å². The number of amides is 2. The predicted molar refractivity (Wildman–Crippen MR) is 134 cm³/mol. The van der Waals surface area contributed by atoms with Gasteiger partial charge in [0.15, 0.2) is 0 Å². The maximum Gasteiger partial charge on any atom is 0.334 e. The van der Waals surface area contributed by atoms with E-state index in [1.165, 1.54) is 30.5 Å². The highest BCUT2D eigenvalue weighted by molar-refractivity contribution is 7.92. The number of halogens is 1. The molecular weight excluding hydrogens is 532 g/mol. The Labute approximate surface area is 211 Å². The summed E-state index contributed by atoms with van der Waals surface area (Å²) in [6.07, 6.45) is 1.18. The topological polar surface area (TPSA) is 165 Å². The molecular formula is C21H15ClN6O6S2. The van der Waals surface area contributed by atoms with Gasteiger partial charge in [0.1, 0.15) is 16.6 Å². The zero-order chi connectivity index (χ0) is 25.4. The van der Waals surface area contributed by atoms with Crippen LogP contribution in [0.4, 0.5) is 10.5 Å². The fourth-order valence-electron chi connectivity index (χ4n) is 3.43. The fraction of sp³-hybridized carbons (Fsp3) is 0.0952. The van der Waals surface area contributed by atoms with Crippen LogP contribution >= 0.6 is 22.9 Å². The number of carbonyl (C=O) groups excluding carboxylic acids is 1. The van der Waals surface area contributed by atoms with E-state index in [9.17, 15) is 22.8 Å². The number of carbonyl (C=O) groups is 1. The van der Waals surface area contributed by atoms with Crippen molar-refractivity contribution in [3.8, 4) is 5.82 Å². The Kier molecular flexibility index (Phi) is 6.07. The third-order valence-electron chi connectivity index (χ3n) is 5.01. The van der Waals surface area contributed by atoms with E-state index in [2.05, 4.69) is 20.3 Å². The van der Waals surface area contributed by atoms with Gasteiger partial charge in [-0.15, -0.1) is 11.3 Å². The van der Waals surface area contributed by atoms with Gasteiger partial charge in [-0.2, -0.15) is 0 Å². The van der Waals surface area contributed by atoms with Gasteiger partial charge in [0.2, 0.25) is 5.90 Å². The molecule has 4 aromatic rings. The highest BCUT2D eigenvalue weighted by atomic mass is 35.5. The van der Waals surface area contributed by atoms with Crippen LogP contribution in [0.2, 0.25) is 4.34 Å². The molecule has 15 heteroatoms. The van der Waals surface area contributed by atoms with Gasteiger partial charge in [-0.25, -0.2) is 37.3 Å². The molecule has 0 fully saturated rings. The number of hydrogen-bond donors (Lipinski definition) is 3. The monoisotopic (exact) mass is 546 g/mol. The second-order valence-corrected chi connectivity index (χ2v) is 11.0. The molecule has 0 aliphatic carbocycles. The maximum absolute atomic E-state index is 13.0. The molecule has 0 bridgehead atoms. The van der Waals surface area contributed by atoms with Crippen LogP contribution in [0.3, 0.4) is 0 Å². The third-order valence-corrected chi connectivity index (χ3v) is 8.06. The number of pyridine rings is 1. The molecule has 12 nitrogen and oxygen atoms in total. The number of ether oxygens (including phenoxy) is 1. The number of aromatic nitrogens is 3. The van der Waals surface area contributed by atoms with Crippen LogP contribution < -0.4 is 21.3 Å². The first kappa shape index (κ1) is 23.7. The molecule has 1 aliphatic heterocycles. The minimum atomic E-state index is -4.11. The molecule has 1 aliphatic rings. The summed E-state index contributed by atoms with van der Waals surface area (Å²) >= 11 is 6.54. The number of hydrogen-bond acceptors (Lipinski definition) is 9. The summed E-state index contributed by atoms with van der Waals surface area (Å²) in [5.41, 5.74) is -0.223. The van der Waals surface area contributed by atoms with Gasteiger partial charge in [0.25, 0.3) is 15.6 Å². The lowest BCUT2D eigenvalue weighted by molar-refractivity contribution is 0.256. The lowest BCUT2D eigenvalue weighted by atomic mass is 10.1. The number of anilines is 1. The zero-order valence-corrected chi connectivity index (χ0v) is 20.4. The highest BCUT2D eigenvalue weighted by Crippen LogP contribution is 2.25. The molecule has 4 heterocycles. The van der Waals surface area contributed by atoms with Crippen LogP contribution in [0.25, 0.3) is 16.7 Å². The van der Waals surface area contributed by atoms with Gasteiger partial charge in [-0.1, -0.05) is 11.6 Å². The number of rotatable bonds is 5. The van der Waals surface area contributed by atoms with Crippen molar-refractivity contribution in [2.45, 2.75) is 4.21 Å². The van der Waals surface area contributed by atoms with Crippen molar-refractivity contribution < 1.29 is 17.9 Å². The molecule has 0 atom stereocenters. The maximum atomic E-state index is 13.0. The minimum absolute atomic E-state index is 0.00235. The second kappa shape index (κ2) is 9.22. The first-order valence-electron chi connectivity index (χ1n) is 10.2. The zero-order valence-electron chi connectivity index (χ0n) is 18.0. The van der Waals surface area contributed by atoms with E-state index in [4.69, 9.17) is 16.3 Å². The van der Waals surface area contributed by atoms with Crippen LogP contribution in [-0.2, 0) is 14.8 Å².